The highest BCUT2D eigenvalue weighted by molar-refractivity contribution is 7.09. The molecule has 3 amide bonds. The SMILES string of the molecule is Cc1ccc(N(C(=O)c2snc(C(N)=O)c2N)C(C(=O)NC2CCCC2)c2ccc(O)cc2)cc1C. The fraction of sp³-hybridized carbons (Fsp3) is 0.308. The van der Waals surface area contributed by atoms with Gasteiger partial charge in [-0.15, -0.1) is 0 Å². The smallest absolute Gasteiger partial charge is 0.273 e. The van der Waals surface area contributed by atoms with Gasteiger partial charge in [-0.1, -0.05) is 31.0 Å². The van der Waals surface area contributed by atoms with E-state index in [-0.39, 0.29) is 34.0 Å². The summed E-state index contributed by atoms with van der Waals surface area (Å²) in [5, 5.41) is 13.0. The second-order valence-corrected chi connectivity index (χ2v) is 9.84. The van der Waals surface area contributed by atoms with E-state index in [4.69, 9.17) is 11.5 Å². The first-order valence-electron chi connectivity index (χ1n) is 11.7. The van der Waals surface area contributed by atoms with Crippen LogP contribution in [0.25, 0.3) is 0 Å². The number of aryl methyl sites for hydroxylation is 2. The quantitative estimate of drug-likeness (QED) is 0.383. The molecule has 9 nitrogen and oxygen atoms in total. The third-order valence-electron chi connectivity index (χ3n) is 6.56. The molecule has 0 aliphatic heterocycles. The van der Waals surface area contributed by atoms with Crippen molar-refractivity contribution in [3.63, 3.8) is 0 Å². The van der Waals surface area contributed by atoms with Crippen LogP contribution in [0.2, 0.25) is 0 Å². The number of carbonyl (C=O) groups is 3. The Kier molecular flexibility index (Phi) is 7.25. The molecule has 4 rings (SSSR count). The minimum absolute atomic E-state index is 0.0134. The summed E-state index contributed by atoms with van der Waals surface area (Å²) in [5.74, 6) is -1.73. The minimum atomic E-state index is -1.07. The number of primary amides is 1. The zero-order valence-electron chi connectivity index (χ0n) is 20.2. The molecule has 36 heavy (non-hydrogen) atoms. The van der Waals surface area contributed by atoms with Crippen molar-refractivity contribution in [3.8, 4) is 5.75 Å². The number of hydrogen-bond acceptors (Lipinski definition) is 7. The molecule has 0 bridgehead atoms. The number of rotatable bonds is 7. The van der Waals surface area contributed by atoms with E-state index >= 15 is 0 Å². The van der Waals surface area contributed by atoms with Gasteiger partial charge in [-0.3, -0.25) is 19.3 Å². The third kappa shape index (κ3) is 5.03. The lowest BCUT2D eigenvalue weighted by atomic mass is 10.0. The summed E-state index contributed by atoms with van der Waals surface area (Å²) in [6.07, 6.45) is 3.80. The molecule has 1 aliphatic carbocycles. The number of nitrogens with one attached hydrogen (secondary N) is 1. The summed E-state index contributed by atoms with van der Waals surface area (Å²) in [6.45, 7) is 3.87. The van der Waals surface area contributed by atoms with Crippen LogP contribution in [0.4, 0.5) is 11.4 Å². The third-order valence-corrected chi connectivity index (χ3v) is 7.41. The van der Waals surface area contributed by atoms with E-state index in [1.54, 1.807) is 18.2 Å². The van der Waals surface area contributed by atoms with Crippen LogP contribution in [0.15, 0.2) is 42.5 Å². The number of phenols is 1. The molecule has 188 valence electrons. The molecule has 1 aromatic heterocycles. The molecule has 3 aromatic rings. The van der Waals surface area contributed by atoms with Crippen LogP contribution in [0, 0.1) is 13.8 Å². The number of nitrogens with two attached hydrogens (primary N) is 2. The Hall–Kier alpha value is -3.92. The molecule has 0 saturated heterocycles. The average Bonchev–Trinajstić information content (AvgIpc) is 3.49. The van der Waals surface area contributed by atoms with E-state index in [9.17, 15) is 19.5 Å². The van der Waals surface area contributed by atoms with Gasteiger partial charge < -0.3 is 21.9 Å². The van der Waals surface area contributed by atoms with E-state index in [1.165, 1.54) is 17.0 Å². The highest BCUT2D eigenvalue weighted by Gasteiger charge is 2.37. The van der Waals surface area contributed by atoms with Crippen molar-refractivity contribution in [1.29, 1.82) is 0 Å². The highest BCUT2D eigenvalue weighted by atomic mass is 32.1. The van der Waals surface area contributed by atoms with Gasteiger partial charge in [0.05, 0.1) is 5.69 Å². The number of anilines is 2. The maximum Gasteiger partial charge on any atom is 0.273 e. The fourth-order valence-electron chi connectivity index (χ4n) is 4.42. The van der Waals surface area contributed by atoms with Gasteiger partial charge in [0.15, 0.2) is 5.69 Å². The van der Waals surface area contributed by atoms with Crippen molar-refractivity contribution in [2.45, 2.75) is 51.6 Å². The molecule has 1 heterocycles. The summed E-state index contributed by atoms with van der Waals surface area (Å²) < 4.78 is 3.98. The van der Waals surface area contributed by atoms with Gasteiger partial charge >= 0.3 is 0 Å². The summed E-state index contributed by atoms with van der Waals surface area (Å²) in [7, 11) is 0. The maximum atomic E-state index is 14.1. The zero-order valence-corrected chi connectivity index (χ0v) is 21.0. The number of hydrogen-bond donors (Lipinski definition) is 4. The Morgan fingerprint density at radius 2 is 1.75 bits per heavy atom. The van der Waals surface area contributed by atoms with Gasteiger partial charge in [-0.05, 0) is 79.2 Å². The van der Waals surface area contributed by atoms with Crippen molar-refractivity contribution in [2.75, 3.05) is 10.6 Å². The first-order chi connectivity index (χ1) is 17.2. The Labute approximate surface area is 213 Å². The van der Waals surface area contributed by atoms with Crippen molar-refractivity contribution < 1.29 is 19.5 Å². The maximum absolute atomic E-state index is 14.1. The van der Waals surface area contributed by atoms with Crippen molar-refractivity contribution in [3.05, 3.63) is 69.7 Å². The Morgan fingerprint density at radius 3 is 2.33 bits per heavy atom. The molecule has 0 spiro atoms. The molecule has 1 unspecified atom stereocenters. The van der Waals surface area contributed by atoms with E-state index in [1.807, 2.05) is 26.0 Å². The van der Waals surface area contributed by atoms with E-state index in [0.717, 1.165) is 48.3 Å². The minimum Gasteiger partial charge on any atom is -0.508 e. The lowest BCUT2D eigenvalue weighted by Crippen LogP contribution is -2.46. The molecular weight excluding hydrogens is 478 g/mol. The van der Waals surface area contributed by atoms with Gasteiger partial charge in [-0.2, -0.15) is 4.37 Å². The van der Waals surface area contributed by atoms with Crippen LogP contribution >= 0.6 is 11.5 Å². The Morgan fingerprint density at radius 1 is 1.08 bits per heavy atom. The Balaban J connectivity index is 1.87. The monoisotopic (exact) mass is 507 g/mol. The van der Waals surface area contributed by atoms with Crippen LogP contribution in [0.1, 0.15) is 68.6 Å². The summed E-state index contributed by atoms with van der Waals surface area (Å²) >= 11 is 0.764. The standard InChI is InChI=1S/C26H29N5O4S/c1-14-7-10-18(13-15(14)2)31(26(35)23-20(27)21(24(28)33)30-36-23)22(16-8-11-19(32)12-9-16)25(34)29-17-5-3-4-6-17/h7-13,17,22,32H,3-6,27H2,1-2H3,(H2,28,33)(H,29,34). The molecule has 1 fully saturated rings. The van der Waals surface area contributed by atoms with Crippen LogP contribution in [0.5, 0.6) is 5.75 Å². The van der Waals surface area contributed by atoms with Crippen LogP contribution in [0.3, 0.4) is 0 Å². The lowest BCUT2D eigenvalue weighted by Gasteiger charge is -2.32. The van der Waals surface area contributed by atoms with Gasteiger partial charge in [0.1, 0.15) is 16.7 Å². The molecule has 1 atom stereocenters. The van der Waals surface area contributed by atoms with Crippen molar-refractivity contribution in [2.24, 2.45) is 5.73 Å². The predicted molar refractivity (Wildman–Crippen MR) is 139 cm³/mol. The van der Waals surface area contributed by atoms with Gasteiger partial charge in [-0.25, -0.2) is 0 Å². The topological polar surface area (TPSA) is 152 Å². The molecule has 0 radical (unpaired) electrons. The largest absolute Gasteiger partial charge is 0.508 e. The molecule has 2 aromatic carbocycles. The molecule has 6 N–H and O–H groups in total. The second-order valence-electron chi connectivity index (χ2n) is 9.07. The summed E-state index contributed by atoms with van der Waals surface area (Å²) in [5.41, 5.74) is 14.1. The zero-order chi connectivity index (χ0) is 26.0. The number of nitrogen functional groups attached to an aromatic ring is 1. The number of benzene rings is 2. The van der Waals surface area contributed by atoms with Crippen LogP contribution < -0.4 is 21.7 Å². The first kappa shape index (κ1) is 25.2. The van der Waals surface area contributed by atoms with E-state index in [2.05, 4.69) is 9.69 Å². The van der Waals surface area contributed by atoms with Gasteiger partial charge in [0, 0.05) is 11.7 Å². The highest BCUT2D eigenvalue weighted by Crippen LogP contribution is 2.35. The second kappa shape index (κ2) is 10.4. The number of phenolic OH excluding ortho intramolecular Hbond substituents is 1. The first-order valence-corrected chi connectivity index (χ1v) is 12.5. The fourth-order valence-corrected chi connectivity index (χ4v) is 5.16. The van der Waals surface area contributed by atoms with Crippen LogP contribution in [-0.4, -0.2) is 33.2 Å². The molecule has 10 heteroatoms. The average molecular weight is 508 g/mol. The summed E-state index contributed by atoms with van der Waals surface area (Å²) in [6, 6.07) is 10.6. The van der Waals surface area contributed by atoms with Gasteiger partial charge in [0.2, 0.25) is 5.91 Å². The number of aromatic hydroxyl groups is 1. The predicted octanol–water partition coefficient (Wildman–Crippen LogP) is 3.59. The molecule has 1 saturated carbocycles. The number of aromatic nitrogens is 1. The molecular formula is C26H29N5O4S. The lowest BCUT2D eigenvalue weighted by molar-refractivity contribution is -0.123. The van der Waals surface area contributed by atoms with E-state index < -0.39 is 17.9 Å². The van der Waals surface area contributed by atoms with Crippen LogP contribution in [-0.2, 0) is 4.79 Å². The van der Waals surface area contributed by atoms with Crippen molar-refractivity contribution in [1.82, 2.24) is 9.69 Å². The normalized spacial score (nSPS) is 14.4. The Bertz CT molecular complexity index is 1300. The molecule has 1 aliphatic rings. The van der Waals surface area contributed by atoms with E-state index in [0.29, 0.717) is 11.3 Å². The summed E-state index contributed by atoms with van der Waals surface area (Å²) in [4.78, 5) is 41.0. The number of amides is 3. The number of carbonyl (C=O) groups excluding carboxylic acids is 3. The van der Waals surface area contributed by atoms with Gasteiger partial charge in [0.25, 0.3) is 11.8 Å². The van der Waals surface area contributed by atoms with Crippen molar-refractivity contribution >= 4 is 40.6 Å². The number of nitrogens with zero attached hydrogens (tertiary/aromatic N) is 2.